The second kappa shape index (κ2) is 4.18. The van der Waals surface area contributed by atoms with E-state index in [-0.39, 0.29) is 39.3 Å². The average molecular weight is 352 g/mol. The van der Waals surface area contributed by atoms with Crippen molar-refractivity contribution in [3.05, 3.63) is 47.2 Å². The SMILES string of the molecule is COC(=O)[C@@H]1C[C@]23C=CC[N+]4([O-])CC[C@@]5(c6ccccc6N[C@@]15[C@H]2C)[C@H]34. The lowest BCUT2D eigenvalue weighted by Crippen LogP contribution is -2.66. The molecular formula is C21H24N2O3. The number of carbonyl (C=O) groups excluding carboxylic acids is 1. The largest absolute Gasteiger partial charge is 0.632 e. The van der Waals surface area contributed by atoms with Gasteiger partial charge in [0, 0.05) is 17.5 Å². The summed E-state index contributed by atoms with van der Waals surface area (Å²) in [6.07, 6.45) is 5.93. The molecule has 0 radical (unpaired) electrons. The Kier molecular flexibility index (Phi) is 2.45. The number of rotatable bonds is 1. The van der Waals surface area contributed by atoms with Gasteiger partial charge in [0.2, 0.25) is 0 Å². The predicted octanol–water partition coefficient (Wildman–Crippen LogP) is 2.57. The number of para-hydroxylation sites is 1. The topological polar surface area (TPSA) is 61.4 Å². The third-order valence-corrected chi connectivity index (χ3v) is 8.74. The van der Waals surface area contributed by atoms with Crippen LogP contribution in [-0.4, -0.2) is 42.4 Å². The van der Waals surface area contributed by atoms with E-state index in [4.69, 9.17) is 4.74 Å². The van der Waals surface area contributed by atoms with Gasteiger partial charge in [-0.05, 0) is 30.0 Å². The summed E-state index contributed by atoms with van der Waals surface area (Å²) < 4.78 is 5.12. The Labute approximate surface area is 153 Å². The summed E-state index contributed by atoms with van der Waals surface area (Å²) in [4.78, 5) is 12.9. The fraction of sp³-hybridized carbons (Fsp3) is 0.571. The van der Waals surface area contributed by atoms with Gasteiger partial charge in [-0.3, -0.25) is 4.79 Å². The molecule has 5 nitrogen and oxygen atoms in total. The molecule has 5 heteroatoms. The summed E-state index contributed by atoms with van der Waals surface area (Å²) >= 11 is 0. The zero-order chi connectivity index (χ0) is 17.9. The first-order valence-electron chi connectivity index (χ1n) is 9.67. The van der Waals surface area contributed by atoms with Crippen molar-refractivity contribution >= 4 is 11.7 Å². The van der Waals surface area contributed by atoms with E-state index in [9.17, 15) is 10.0 Å². The summed E-state index contributed by atoms with van der Waals surface area (Å²) in [5.41, 5.74) is 1.42. The van der Waals surface area contributed by atoms with Gasteiger partial charge in [-0.1, -0.05) is 31.2 Å². The van der Waals surface area contributed by atoms with E-state index < -0.39 is 5.54 Å². The predicted molar refractivity (Wildman–Crippen MR) is 97.1 cm³/mol. The van der Waals surface area contributed by atoms with Crippen LogP contribution in [0, 0.1) is 22.5 Å². The average Bonchev–Trinajstić information content (AvgIpc) is 3.27. The number of carbonyl (C=O) groups is 1. The van der Waals surface area contributed by atoms with Crippen LogP contribution in [0.1, 0.15) is 25.3 Å². The molecular weight excluding hydrogens is 328 g/mol. The monoisotopic (exact) mass is 352 g/mol. The number of anilines is 1. The zero-order valence-electron chi connectivity index (χ0n) is 15.2. The molecule has 136 valence electrons. The van der Waals surface area contributed by atoms with E-state index in [1.165, 1.54) is 12.7 Å². The van der Waals surface area contributed by atoms with Gasteiger partial charge in [-0.25, -0.2) is 0 Å². The minimum absolute atomic E-state index is 0.00736. The molecule has 1 aromatic carbocycles. The number of benzene rings is 1. The Morgan fingerprint density at radius 1 is 1.38 bits per heavy atom. The third-order valence-electron chi connectivity index (χ3n) is 8.74. The van der Waals surface area contributed by atoms with Crippen molar-refractivity contribution in [2.45, 2.75) is 36.8 Å². The summed E-state index contributed by atoms with van der Waals surface area (Å²) in [6, 6.07) is 8.39. The van der Waals surface area contributed by atoms with Crippen molar-refractivity contribution in [1.29, 1.82) is 0 Å². The maximum atomic E-state index is 13.9. The molecule has 1 aromatic rings. The highest BCUT2D eigenvalue weighted by molar-refractivity contribution is 5.82. The molecule has 3 heterocycles. The van der Waals surface area contributed by atoms with Gasteiger partial charge in [-0.2, -0.15) is 0 Å². The molecule has 1 N–H and O–H groups in total. The zero-order valence-corrected chi connectivity index (χ0v) is 15.2. The van der Waals surface area contributed by atoms with Crippen molar-refractivity contribution in [2.24, 2.45) is 17.3 Å². The van der Waals surface area contributed by atoms with Crippen LogP contribution in [0.15, 0.2) is 36.4 Å². The van der Waals surface area contributed by atoms with Gasteiger partial charge in [0.15, 0.2) is 0 Å². The molecule has 2 aliphatic carbocycles. The maximum Gasteiger partial charge on any atom is 0.311 e. The standard InChI is InChI=1S/C21H24N2O3/c1-13-19-8-5-10-23(25)11-9-20(18(19)23)14-6-3-4-7-16(14)22-21(13,20)15(12-19)17(24)26-2/h3-8,13,15,18,22H,9-12H2,1-2H3/t13-,15-,18-,19+,20+,21-,23?/m0/s1. The quantitative estimate of drug-likeness (QED) is 0.365. The Morgan fingerprint density at radius 3 is 3.00 bits per heavy atom. The maximum absolute atomic E-state index is 13.9. The molecule has 7 atom stereocenters. The smallest absolute Gasteiger partial charge is 0.311 e. The minimum atomic E-state index is -0.423. The van der Waals surface area contributed by atoms with E-state index >= 15 is 0 Å². The van der Waals surface area contributed by atoms with E-state index in [2.05, 4.69) is 42.6 Å². The number of methoxy groups -OCH3 is 1. The van der Waals surface area contributed by atoms with E-state index in [1.807, 2.05) is 6.07 Å². The van der Waals surface area contributed by atoms with Crippen LogP contribution in [0.25, 0.3) is 0 Å². The van der Waals surface area contributed by atoms with Crippen LogP contribution >= 0.6 is 0 Å². The van der Waals surface area contributed by atoms with Gasteiger partial charge in [0.1, 0.15) is 6.04 Å². The molecule has 0 aromatic heterocycles. The van der Waals surface area contributed by atoms with E-state index in [1.54, 1.807) is 0 Å². The summed E-state index contributed by atoms with van der Waals surface area (Å²) in [7, 11) is 1.48. The first kappa shape index (κ1) is 15.2. The van der Waals surface area contributed by atoms with Crippen LogP contribution in [0.5, 0.6) is 0 Å². The van der Waals surface area contributed by atoms with Gasteiger partial charge >= 0.3 is 5.97 Å². The van der Waals surface area contributed by atoms with Crippen LogP contribution < -0.4 is 5.32 Å². The molecule has 26 heavy (non-hydrogen) atoms. The lowest BCUT2D eigenvalue weighted by atomic mass is 9.57. The number of hydrogen-bond donors (Lipinski definition) is 1. The van der Waals surface area contributed by atoms with Crippen LogP contribution in [0.3, 0.4) is 0 Å². The minimum Gasteiger partial charge on any atom is -0.632 e. The fourth-order valence-corrected chi connectivity index (χ4v) is 8.20. The molecule has 1 unspecified atom stereocenters. The van der Waals surface area contributed by atoms with Gasteiger partial charge in [0.25, 0.3) is 0 Å². The molecule has 3 spiro atoms. The lowest BCUT2D eigenvalue weighted by Gasteiger charge is -2.56. The van der Waals surface area contributed by atoms with Crippen LogP contribution in [-0.2, 0) is 14.9 Å². The molecule has 2 bridgehead atoms. The van der Waals surface area contributed by atoms with Crippen LogP contribution in [0.2, 0.25) is 0 Å². The first-order valence-corrected chi connectivity index (χ1v) is 9.67. The third kappa shape index (κ3) is 1.19. The summed E-state index contributed by atoms with van der Waals surface area (Å²) in [5, 5.41) is 17.7. The normalized spacial score (nSPS) is 51.6. The van der Waals surface area contributed by atoms with Crippen molar-refractivity contribution in [2.75, 3.05) is 25.5 Å². The van der Waals surface area contributed by atoms with Gasteiger partial charge in [-0.15, -0.1) is 0 Å². The number of quaternary nitrogens is 1. The van der Waals surface area contributed by atoms with Crippen LogP contribution in [0.4, 0.5) is 5.69 Å². The fourth-order valence-electron chi connectivity index (χ4n) is 8.20. The van der Waals surface area contributed by atoms with E-state index in [0.717, 1.165) is 12.1 Å². The van der Waals surface area contributed by atoms with Gasteiger partial charge < -0.3 is 19.9 Å². The molecule has 6 rings (SSSR count). The van der Waals surface area contributed by atoms with Crippen molar-refractivity contribution in [3.63, 3.8) is 0 Å². The number of hydrogen-bond acceptors (Lipinski definition) is 4. The number of esters is 1. The molecule has 5 aliphatic rings. The second-order valence-corrected chi connectivity index (χ2v) is 9.04. The number of nitrogens with zero attached hydrogens (tertiary/aromatic N) is 1. The number of fused-ring (bicyclic) bond motifs is 1. The molecule has 1 saturated heterocycles. The van der Waals surface area contributed by atoms with E-state index in [0.29, 0.717) is 19.5 Å². The Hall–Kier alpha value is -1.85. The highest BCUT2D eigenvalue weighted by Gasteiger charge is 2.89. The Bertz CT molecular complexity index is 884. The van der Waals surface area contributed by atoms with Crippen molar-refractivity contribution in [3.8, 4) is 0 Å². The number of hydroxylamine groups is 3. The van der Waals surface area contributed by atoms with Crippen molar-refractivity contribution in [1.82, 2.24) is 0 Å². The second-order valence-electron chi connectivity index (χ2n) is 9.04. The highest BCUT2D eigenvalue weighted by atomic mass is 16.6. The van der Waals surface area contributed by atoms with Gasteiger partial charge in [0.05, 0.1) is 37.1 Å². The Balaban J connectivity index is 1.71. The number of nitrogens with one attached hydrogen (secondary N) is 1. The Morgan fingerprint density at radius 2 is 2.19 bits per heavy atom. The molecule has 2 saturated carbocycles. The lowest BCUT2D eigenvalue weighted by molar-refractivity contribution is -0.897. The summed E-state index contributed by atoms with van der Waals surface area (Å²) in [5.74, 6) is -0.151. The highest BCUT2D eigenvalue weighted by Crippen LogP contribution is 2.80. The molecule has 0 amide bonds. The molecule has 3 aliphatic heterocycles. The first-order chi connectivity index (χ1) is 12.5. The van der Waals surface area contributed by atoms with Crippen molar-refractivity contribution < 1.29 is 14.2 Å². The molecule has 3 fully saturated rings. The summed E-state index contributed by atoms with van der Waals surface area (Å²) in [6.45, 7) is 3.44. The number of ether oxygens (including phenoxy) is 1.